The Morgan fingerprint density at radius 3 is 2.58 bits per heavy atom. The number of fused-ring (bicyclic) bond motifs is 1. The van der Waals surface area contributed by atoms with E-state index in [1.54, 1.807) is 45.2 Å². The van der Waals surface area contributed by atoms with Crippen LogP contribution in [0.3, 0.4) is 0 Å². The number of hydrogen-bond acceptors (Lipinski definition) is 8. The molecular formula is C28H37ClN4O4S3. The molecule has 218 valence electrons. The number of piperidine rings is 1. The summed E-state index contributed by atoms with van der Waals surface area (Å²) in [4.78, 5) is 24.1. The van der Waals surface area contributed by atoms with Crippen LogP contribution in [0, 0.1) is 0 Å². The van der Waals surface area contributed by atoms with Crippen LogP contribution in [-0.2, 0) is 14.8 Å². The molecule has 2 aliphatic rings. The number of hydrogen-bond donors (Lipinski definition) is 0. The Kier molecular flexibility index (Phi) is 10.9. The summed E-state index contributed by atoms with van der Waals surface area (Å²) in [6.45, 7) is 6.83. The first kappa shape index (κ1) is 31.2. The molecule has 1 unspecified atom stereocenters. The zero-order chi connectivity index (χ0) is 27.4. The number of carbonyl (C=O) groups excluding carboxylic acids is 1. The van der Waals surface area contributed by atoms with E-state index in [-0.39, 0.29) is 29.3 Å². The average molecular weight is 625 g/mol. The predicted molar refractivity (Wildman–Crippen MR) is 166 cm³/mol. The molecule has 1 atom stereocenters. The Hall–Kier alpha value is -1.73. The Labute approximate surface area is 251 Å². The number of benzene rings is 2. The number of nitrogens with zero attached hydrogens (tertiary/aromatic N) is 4. The minimum atomic E-state index is -3.61. The summed E-state index contributed by atoms with van der Waals surface area (Å²) in [6, 6.07) is 12.6. The number of ether oxygens (including phenoxy) is 1. The number of thiazole rings is 1. The minimum absolute atomic E-state index is 0. The van der Waals surface area contributed by atoms with Gasteiger partial charge in [0.2, 0.25) is 10.0 Å². The van der Waals surface area contributed by atoms with Gasteiger partial charge in [0.05, 0.1) is 28.3 Å². The molecule has 3 aromatic rings. The molecule has 2 fully saturated rings. The maximum absolute atomic E-state index is 13.9. The molecule has 5 rings (SSSR count). The number of thioether (sulfide) groups is 1. The summed E-state index contributed by atoms with van der Waals surface area (Å²) in [5.41, 5.74) is 1.36. The fraction of sp³-hybridized carbons (Fsp3) is 0.500. The van der Waals surface area contributed by atoms with E-state index in [1.807, 2.05) is 31.4 Å². The van der Waals surface area contributed by atoms with E-state index in [0.717, 1.165) is 53.9 Å². The number of amides is 1. The van der Waals surface area contributed by atoms with E-state index < -0.39 is 10.0 Å². The van der Waals surface area contributed by atoms with Crippen LogP contribution in [0.25, 0.3) is 10.2 Å². The molecule has 8 nitrogen and oxygen atoms in total. The predicted octanol–water partition coefficient (Wildman–Crippen LogP) is 5.37. The maximum atomic E-state index is 13.9. The van der Waals surface area contributed by atoms with Gasteiger partial charge in [-0.05, 0) is 61.9 Å². The van der Waals surface area contributed by atoms with E-state index in [0.29, 0.717) is 43.5 Å². The third kappa shape index (κ3) is 6.67. The normalized spacial score (nSPS) is 18.9. The highest BCUT2D eigenvalue weighted by Gasteiger charge is 2.33. The van der Waals surface area contributed by atoms with Gasteiger partial charge in [0.25, 0.3) is 5.91 Å². The smallest absolute Gasteiger partial charge is 0.260 e. The van der Waals surface area contributed by atoms with Gasteiger partial charge in [0.1, 0.15) is 0 Å². The third-order valence-electron chi connectivity index (χ3n) is 7.56. The Morgan fingerprint density at radius 1 is 1.12 bits per heavy atom. The highest BCUT2D eigenvalue weighted by molar-refractivity contribution is 7.98. The number of morpholine rings is 1. The molecule has 0 spiro atoms. The fourth-order valence-electron chi connectivity index (χ4n) is 5.30. The molecule has 0 saturated carbocycles. The SMILES string of the molecule is CCC1CCCCN1S(=O)(=O)c1ccc(C(=O)N(CCN2CCOCC2)c2nc3c(SC)cccc3s2)cc1.Cl. The number of anilines is 1. The second-order valence-corrected chi connectivity index (χ2v) is 13.7. The summed E-state index contributed by atoms with van der Waals surface area (Å²) in [6.07, 6.45) is 5.66. The van der Waals surface area contributed by atoms with Crippen molar-refractivity contribution in [3.8, 4) is 0 Å². The van der Waals surface area contributed by atoms with Crippen LogP contribution in [-0.4, -0.2) is 86.7 Å². The quantitative estimate of drug-likeness (QED) is 0.296. The van der Waals surface area contributed by atoms with Crippen molar-refractivity contribution in [2.45, 2.75) is 48.4 Å². The minimum Gasteiger partial charge on any atom is -0.379 e. The number of para-hydroxylation sites is 1. The largest absolute Gasteiger partial charge is 0.379 e. The lowest BCUT2D eigenvalue weighted by Crippen LogP contribution is -2.43. The van der Waals surface area contributed by atoms with Gasteiger partial charge >= 0.3 is 0 Å². The fourth-order valence-corrected chi connectivity index (χ4v) is 8.71. The first-order valence-corrected chi connectivity index (χ1v) is 17.1. The van der Waals surface area contributed by atoms with Crippen molar-refractivity contribution >= 4 is 66.8 Å². The van der Waals surface area contributed by atoms with Crippen LogP contribution in [0.2, 0.25) is 0 Å². The second-order valence-electron chi connectivity index (χ2n) is 9.91. The molecule has 1 amide bonds. The zero-order valence-corrected chi connectivity index (χ0v) is 26.2. The number of carbonyl (C=O) groups is 1. The van der Waals surface area contributed by atoms with Crippen LogP contribution >= 0.6 is 35.5 Å². The molecule has 40 heavy (non-hydrogen) atoms. The first-order valence-electron chi connectivity index (χ1n) is 13.6. The van der Waals surface area contributed by atoms with Gasteiger partial charge in [-0.2, -0.15) is 4.31 Å². The molecule has 2 saturated heterocycles. The lowest BCUT2D eigenvalue weighted by Gasteiger charge is -2.34. The number of halogens is 1. The number of aromatic nitrogens is 1. The second kappa shape index (κ2) is 14.0. The van der Waals surface area contributed by atoms with Crippen molar-refractivity contribution in [3.05, 3.63) is 48.0 Å². The summed E-state index contributed by atoms with van der Waals surface area (Å²) >= 11 is 3.15. The van der Waals surface area contributed by atoms with Crippen molar-refractivity contribution in [2.24, 2.45) is 0 Å². The Balaban J connectivity index is 0.00000370. The average Bonchev–Trinajstić information content (AvgIpc) is 3.42. The molecule has 2 aromatic carbocycles. The molecule has 1 aromatic heterocycles. The highest BCUT2D eigenvalue weighted by atomic mass is 35.5. The van der Waals surface area contributed by atoms with Gasteiger partial charge in [0, 0.05) is 49.2 Å². The highest BCUT2D eigenvalue weighted by Crippen LogP contribution is 2.35. The van der Waals surface area contributed by atoms with Crippen LogP contribution in [0.5, 0.6) is 0 Å². The van der Waals surface area contributed by atoms with Gasteiger partial charge in [0.15, 0.2) is 5.13 Å². The summed E-state index contributed by atoms with van der Waals surface area (Å²) in [7, 11) is -3.61. The molecule has 2 aliphatic heterocycles. The molecule has 0 radical (unpaired) electrons. The Bertz CT molecular complexity index is 1390. The van der Waals surface area contributed by atoms with Crippen LogP contribution < -0.4 is 4.90 Å². The lowest BCUT2D eigenvalue weighted by molar-refractivity contribution is 0.0391. The van der Waals surface area contributed by atoms with E-state index >= 15 is 0 Å². The van der Waals surface area contributed by atoms with Crippen molar-refractivity contribution in [1.82, 2.24) is 14.2 Å². The molecule has 0 N–H and O–H groups in total. The number of rotatable bonds is 9. The standard InChI is InChI=1S/C28H36N4O4S3.ClH/c1-3-22-7-4-5-14-32(22)39(34,35)23-12-10-21(11-13-23)27(33)31(16-15-30-17-19-36-20-18-30)28-29-26-24(37-2)8-6-9-25(26)38-28;/h6,8-13,22H,3-5,7,14-20H2,1-2H3;1H. The summed E-state index contributed by atoms with van der Waals surface area (Å²) in [5, 5.41) is 0.653. The summed E-state index contributed by atoms with van der Waals surface area (Å²) < 4.78 is 35.0. The lowest BCUT2D eigenvalue weighted by atomic mass is 10.0. The third-order valence-corrected chi connectivity index (χ3v) is 11.3. The van der Waals surface area contributed by atoms with Gasteiger partial charge < -0.3 is 4.74 Å². The van der Waals surface area contributed by atoms with Crippen molar-refractivity contribution < 1.29 is 17.9 Å². The topological polar surface area (TPSA) is 83.1 Å². The van der Waals surface area contributed by atoms with Gasteiger partial charge in [-0.25, -0.2) is 13.4 Å². The van der Waals surface area contributed by atoms with Gasteiger partial charge in [-0.3, -0.25) is 14.6 Å². The number of sulfonamides is 1. The van der Waals surface area contributed by atoms with Crippen molar-refractivity contribution in [2.75, 3.05) is 57.1 Å². The van der Waals surface area contributed by atoms with E-state index in [4.69, 9.17) is 9.72 Å². The van der Waals surface area contributed by atoms with Crippen molar-refractivity contribution in [1.29, 1.82) is 0 Å². The van der Waals surface area contributed by atoms with E-state index in [1.165, 1.54) is 11.3 Å². The molecule has 3 heterocycles. The van der Waals surface area contributed by atoms with Crippen LogP contribution in [0.1, 0.15) is 43.0 Å². The van der Waals surface area contributed by atoms with Crippen molar-refractivity contribution in [3.63, 3.8) is 0 Å². The van der Waals surface area contributed by atoms with E-state index in [2.05, 4.69) is 4.90 Å². The van der Waals surface area contributed by atoms with Gasteiger partial charge in [-0.1, -0.05) is 30.7 Å². The monoisotopic (exact) mass is 624 g/mol. The molecule has 0 bridgehead atoms. The van der Waals surface area contributed by atoms with E-state index in [9.17, 15) is 13.2 Å². The van der Waals surface area contributed by atoms with Gasteiger partial charge in [-0.15, -0.1) is 24.2 Å². The maximum Gasteiger partial charge on any atom is 0.260 e. The first-order chi connectivity index (χ1) is 18.9. The molecule has 0 aliphatic carbocycles. The van der Waals surface area contributed by atoms with Crippen LogP contribution in [0.4, 0.5) is 5.13 Å². The van der Waals surface area contributed by atoms with Crippen LogP contribution in [0.15, 0.2) is 52.3 Å². The molecular weight excluding hydrogens is 588 g/mol. The zero-order valence-electron chi connectivity index (χ0n) is 23.0. The summed E-state index contributed by atoms with van der Waals surface area (Å²) in [5.74, 6) is -0.179. The molecule has 12 heteroatoms. The Morgan fingerprint density at radius 2 is 1.88 bits per heavy atom.